The van der Waals surface area contributed by atoms with E-state index in [2.05, 4.69) is 5.32 Å². The highest BCUT2D eigenvalue weighted by Crippen LogP contribution is 2.22. The lowest BCUT2D eigenvalue weighted by molar-refractivity contribution is 0.448. The molecule has 2 aromatic rings. The van der Waals surface area contributed by atoms with E-state index in [4.69, 9.17) is 5.73 Å². The molecular formula is C12H9F3N2. The number of anilines is 3. The van der Waals surface area contributed by atoms with Crippen LogP contribution >= 0.6 is 0 Å². The molecule has 0 radical (unpaired) electrons. The summed E-state index contributed by atoms with van der Waals surface area (Å²) in [4.78, 5) is 0. The van der Waals surface area contributed by atoms with Gasteiger partial charge in [-0.15, -0.1) is 0 Å². The van der Waals surface area contributed by atoms with Gasteiger partial charge in [0.25, 0.3) is 0 Å². The van der Waals surface area contributed by atoms with E-state index in [1.807, 2.05) is 0 Å². The van der Waals surface area contributed by atoms with Gasteiger partial charge in [0.05, 0.1) is 0 Å². The minimum atomic E-state index is -1.48. The first-order valence-corrected chi connectivity index (χ1v) is 4.83. The second-order valence-corrected chi connectivity index (χ2v) is 3.50. The molecular weight excluding hydrogens is 229 g/mol. The van der Waals surface area contributed by atoms with Crippen LogP contribution in [-0.2, 0) is 0 Å². The third-order valence-electron chi connectivity index (χ3n) is 2.16. The van der Waals surface area contributed by atoms with E-state index >= 15 is 0 Å². The molecule has 2 nitrogen and oxygen atoms in total. The maximum atomic E-state index is 12.9. The zero-order chi connectivity index (χ0) is 12.4. The molecule has 0 amide bonds. The number of halogens is 3. The van der Waals surface area contributed by atoms with Crippen LogP contribution in [0.15, 0.2) is 36.4 Å². The molecule has 0 spiro atoms. The van der Waals surface area contributed by atoms with E-state index in [-0.39, 0.29) is 5.69 Å². The number of nitrogens with two attached hydrogens (primary N) is 1. The van der Waals surface area contributed by atoms with Crippen molar-refractivity contribution in [3.63, 3.8) is 0 Å². The van der Waals surface area contributed by atoms with Gasteiger partial charge in [-0.3, -0.25) is 0 Å². The van der Waals surface area contributed by atoms with Crippen molar-refractivity contribution < 1.29 is 13.2 Å². The third kappa shape index (κ3) is 2.50. The predicted octanol–water partition coefficient (Wildman–Crippen LogP) is 3.43. The topological polar surface area (TPSA) is 38.0 Å². The molecule has 0 fully saturated rings. The fourth-order valence-electron chi connectivity index (χ4n) is 1.41. The normalized spacial score (nSPS) is 10.3. The summed E-state index contributed by atoms with van der Waals surface area (Å²) >= 11 is 0. The molecule has 0 atom stereocenters. The summed E-state index contributed by atoms with van der Waals surface area (Å²) in [6.07, 6.45) is 0. The van der Waals surface area contributed by atoms with Gasteiger partial charge in [-0.25, -0.2) is 13.2 Å². The molecule has 0 unspecified atom stereocenters. The van der Waals surface area contributed by atoms with Crippen molar-refractivity contribution in [3.05, 3.63) is 53.8 Å². The van der Waals surface area contributed by atoms with E-state index < -0.39 is 17.5 Å². The Balaban J connectivity index is 2.31. The smallest absolute Gasteiger partial charge is 0.194 e. The minimum absolute atomic E-state index is 0.118. The Morgan fingerprint density at radius 2 is 1.53 bits per heavy atom. The van der Waals surface area contributed by atoms with Crippen LogP contribution in [-0.4, -0.2) is 0 Å². The zero-order valence-corrected chi connectivity index (χ0v) is 8.68. The lowest BCUT2D eigenvalue weighted by atomic mass is 10.2. The molecule has 17 heavy (non-hydrogen) atoms. The number of rotatable bonds is 2. The van der Waals surface area contributed by atoms with Crippen molar-refractivity contribution in [2.75, 3.05) is 11.1 Å². The monoisotopic (exact) mass is 238 g/mol. The van der Waals surface area contributed by atoms with Crippen LogP contribution in [0.3, 0.4) is 0 Å². The van der Waals surface area contributed by atoms with Crippen LogP contribution < -0.4 is 11.1 Å². The molecule has 0 saturated carbocycles. The van der Waals surface area contributed by atoms with Gasteiger partial charge < -0.3 is 11.1 Å². The van der Waals surface area contributed by atoms with E-state index in [9.17, 15) is 13.2 Å². The van der Waals surface area contributed by atoms with E-state index in [1.165, 1.54) is 0 Å². The predicted molar refractivity (Wildman–Crippen MR) is 60.5 cm³/mol. The van der Waals surface area contributed by atoms with E-state index in [0.29, 0.717) is 11.4 Å². The Morgan fingerprint density at radius 1 is 0.882 bits per heavy atom. The first-order chi connectivity index (χ1) is 8.06. The van der Waals surface area contributed by atoms with Crippen LogP contribution in [0.25, 0.3) is 0 Å². The highest BCUT2D eigenvalue weighted by Gasteiger charge is 2.10. The van der Waals surface area contributed by atoms with Gasteiger partial charge in [-0.1, -0.05) is 6.07 Å². The highest BCUT2D eigenvalue weighted by molar-refractivity contribution is 5.63. The largest absolute Gasteiger partial charge is 0.399 e. The van der Waals surface area contributed by atoms with Crippen molar-refractivity contribution >= 4 is 17.1 Å². The van der Waals surface area contributed by atoms with E-state index in [1.54, 1.807) is 24.3 Å². The zero-order valence-electron chi connectivity index (χ0n) is 8.68. The molecule has 0 bridgehead atoms. The van der Waals surface area contributed by atoms with Crippen molar-refractivity contribution in [2.24, 2.45) is 0 Å². The summed E-state index contributed by atoms with van der Waals surface area (Å²) < 4.78 is 38.6. The summed E-state index contributed by atoms with van der Waals surface area (Å²) in [7, 11) is 0. The van der Waals surface area contributed by atoms with Gasteiger partial charge in [0, 0.05) is 29.2 Å². The molecule has 2 aromatic carbocycles. The number of benzene rings is 2. The van der Waals surface area contributed by atoms with Crippen LogP contribution in [0.5, 0.6) is 0 Å². The summed E-state index contributed by atoms with van der Waals surface area (Å²) in [6.45, 7) is 0. The standard InChI is InChI=1S/C12H9F3N2/c13-10-5-9(6-11(14)12(10)15)17-8-3-1-2-7(16)4-8/h1-6,17H,16H2. The van der Waals surface area contributed by atoms with Crippen LogP contribution in [0.2, 0.25) is 0 Å². The van der Waals surface area contributed by atoms with Crippen LogP contribution in [0, 0.1) is 17.5 Å². The fraction of sp³-hybridized carbons (Fsp3) is 0. The molecule has 0 aliphatic carbocycles. The Morgan fingerprint density at radius 3 is 2.12 bits per heavy atom. The maximum absolute atomic E-state index is 12.9. The second-order valence-electron chi connectivity index (χ2n) is 3.50. The summed E-state index contributed by atoms with van der Waals surface area (Å²) in [5.74, 6) is -3.96. The van der Waals surface area contributed by atoms with Gasteiger partial charge in [0.1, 0.15) is 0 Å². The average molecular weight is 238 g/mol. The maximum Gasteiger partial charge on any atom is 0.194 e. The Hall–Kier alpha value is -2.17. The van der Waals surface area contributed by atoms with Crippen LogP contribution in [0.1, 0.15) is 0 Å². The molecule has 0 aromatic heterocycles. The average Bonchev–Trinajstić information content (AvgIpc) is 2.26. The van der Waals surface area contributed by atoms with E-state index in [0.717, 1.165) is 12.1 Å². The number of hydrogen-bond acceptors (Lipinski definition) is 2. The Bertz CT molecular complexity index is 532. The van der Waals surface area contributed by atoms with Crippen molar-refractivity contribution in [1.82, 2.24) is 0 Å². The highest BCUT2D eigenvalue weighted by atomic mass is 19.2. The van der Waals surface area contributed by atoms with Gasteiger partial charge >= 0.3 is 0 Å². The number of hydrogen-bond donors (Lipinski definition) is 2. The molecule has 0 saturated heterocycles. The lowest BCUT2D eigenvalue weighted by Crippen LogP contribution is -1.96. The van der Waals surface area contributed by atoms with Gasteiger partial charge in [-0.2, -0.15) is 0 Å². The quantitative estimate of drug-likeness (QED) is 0.621. The molecule has 0 aliphatic rings. The lowest BCUT2D eigenvalue weighted by Gasteiger charge is -2.07. The molecule has 2 rings (SSSR count). The second kappa shape index (κ2) is 4.37. The molecule has 0 heterocycles. The number of nitrogen functional groups attached to an aromatic ring is 1. The van der Waals surface area contributed by atoms with Crippen molar-refractivity contribution in [2.45, 2.75) is 0 Å². The van der Waals surface area contributed by atoms with Crippen LogP contribution in [0.4, 0.5) is 30.2 Å². The molecule has 88 valence electrons. The van der Waals surface area contributed by atoms with Crippen molar-refractivity contribution in [1.29, 1.82) is 0 Å². The third-order valence-corrected chi connectivity index (χ3v) is 2.16. The summed E-state index contributed by atoms with van der Waals surface area (Å²) in [5.41, 5.74) is 6.74. The van der Waals surface area contributed by atoms with Gasteiger partial charge in [0.2, 0.25) is 0 Å². The van der Waals surface area contributed by atoms with Crippen molar-refractivity contribution in [3.8, 4) is 0 Å². The first-order valence-electron chi connectivity index (χ1n) is 4.83. The summed E-state index contributed by atoms with van der Waals surface area (Å²) in [5, 5.41) is 2.73. The molecule has 3 N–H and O–H groups in total. The van der Waals surface area contributed by atoms with Gasteiger partial charge in [0.15, 0.2) is 17.5 Å². The molecule has 0 aliphatic heterocycles. The SMILES string of the molecule is Nc1cccc(Nc2cc(F)c(F)c(F)c2)c1. The number of nitrogens with one attached hydrogen (secondary N) is 1. The first kappa shape index (κ1) is 11.3. The van der Waals surface area contributed by atoms with Gasteiger partial charge in [-0.05, 0) is 18.2 Å². The summed E-state index contributed by atoms with van der Waals surface area (Å²) in [6, 6.07) is 8.39. The fourth-order valence-corrected chi connectivity index (χ4v) is 1.41. The Labute approximate surface area is 95.9 Å². The molecule has 5 heteroatoms. The Kier molecular flexibility index (Phi) is 2.91. The minimum Gasteiger partial charge on any atom is -0.399 e.